The van der Waals surface area contributed by atoms with Crippen molar-refractivity contribution in [3.63, 3.8) is 0 Å². The van der Waals surface area contributed by atoms with Gasteiger partial charge in [0.2, 0.25) is 11.2 Å². The maximum atomic E-state index is 14.1. The zero-order valence-electron chi connectivity index (χ0n) is 16.1. The number of amides is 1. The lowest BCUT2D eigenvalue weighted by molar-refractivity contribution is -0.123. The largest absolute Gasteiger partial charge is 0.399 e. The summed E-state index contributed by atoms with van der Waals surface area (Å²) in [4.78, 5) is 19.6. The summed E-state index contributed by atoms with van der Waals surface area (Å²) >= 11 is 5.79. The molecule has 160 valence electrons. The molecule has 0 spiro atoms. The highest BCUT2D eigenvalue weighted by molar-refractivity contribution is 6.28. The van der Waals surface area contributed by atoms with Crippen molar-refractivity contribution in [3.8, 4) is 0 Å². The Labute approximate surface area is 178 Å². The van der Waals surface area contributed by atoms with Crippen molar-refractivity contribution in [1.29, 1.82) is 0 Å². The zero-order chi connectivity index (χ0) is 21.4. The Balaban J connectivity index is 1.47. The van der Waals surface area contributed by atoms with Gasteiger partial charge in [-0.15, -0.1) is 0 Å². The van der Waals surface area contributed by atoms with Gasteiger partial charge in [0, 0.05) is 24.3 Å². The van der Waals surface area contributed by atoms with Crippen LogP contribution in [0.3, 0.4) is 0 Å². The van der Waals surface area contributed by atoms with Crippen LogP contribution in [0.4, 0.5) is 15.9 Å². The molecule has 2 aliphatic carbocycles. The number of fused-ring (bicyclic) bond motifs is 2. The van der Waals surface area contributed by atoms with Crippen molar-refractivity contribution < 1.29 is 14.3 Å². The molecule has 2 fully saturated rings. The number of carbonyl (C=O) groups is 1. The predicted octanol–water partition coefficient (Wildman–Crippen LogP) is 1.46. The molecule has 0 aliphatic heterocycles. The van der Waals surface area contributed by atoms with Gasteiger partial charge in [-0.25, -0.2) is 9.37 Å². The van der Waals surface area contributed by atoms with Crippen molar-refractivity contribution in [3.05, 3.63) is 47.1 Å². The summed E-state index contributed by atoms with van der Waals surface area (Å²) in [6.07, 6.45) is 1.80. The molecular formula is C20H24ClFN6O2. The van der Waals surface area contributed by atoms with Gasteiger partial charge < -0.3 is 27.2 Å². The molecule has 30 heavy (non-hydrogen) atoms. The number of aliphatic hydroxyl groups excluding tert-OH is 1. The Morgan fingerprint density at radius 1 is 1.40 bits per heavy atom. The van der Waals surface area contributed by atoms with Gasteiger partial charge in [-0.3, -0.25) is 4.79 Å². The van der Waals surface area contributed by atoms with E-state index in [1.807, 2.05) is 6.07 Å². The number of nitrogens with one attached hydrogen (secondary N) is 2. The summed E-state index contributed by atoms with van der Waals surface area (Å²) in [5.74, 6) is -1.44. The van der Waals surface area contributed by atoms with Crippen LogP contribution in [0.5, 0.6) is 0 Å². The minimum atomic E-state index is -0.718. The normalized spacial score (nSPS) is 28.4. The Bertz CT molecular complexity index is 947. The van der Waals surface area contributed by atoms with Crippen LogP contribution in [0.15, 0.2) is 30.5 Å². The third kappa shape index (κ3) is 4.05. The molecule has 0 saturated heterocycles. The fraction of sp³-hybridized carbons (Fsp3) is 0.450. The van der Waals surface area contributed by atoms with Crippen LogP contribution < -0.4 is 22.1 Å². The fourth-order valence-electron chi connectivity index (χ4n) is 4.95. The molecular weight excluding hydrogens is 411 g/mol. The van der Waals surface area contributed by atoms with Crippen LogP contribution >= 0.6 is 11.6 Å². The van der Waals surface area contributed by atoms with Gasteiger partial charge in [0.05, 0.1) is 18.2 Å². The number of halogens is 2. The molecule has 6 unspecified atom stereocenters. The molecule has 10 heteroatoms. The number of anilines is 2. The Morgan fingerprint density at radius 2 is 2.20 bits per heavy atom. The second-order valence-electron chi connectivity index (χ2n) is 8.03. The SMILES string of the molecule is NC(=O)C1C2CC(NCC(O)c3cccc(N)c3)C(C2)C1Nc1nc(Cl)ncc1F. The van der Waals surface area contributed by atoms with Crippen molar-refractivity contribution in [2.24, 2.45) is 23.5 Å². The van der Waals surface area contributed by atoms with Gasteiger partial charge in [-0.05, 0) is 54.0 Å². The van der Waals surface area contributed by atoms with Gasteiger partial charge in [0.25, 0.3) is 0 Å². The number of benzene rings is 1. The van der Waals surface area contributed by atoms with Gasteiger partial charge in [0.1, 0.15) is 0 Å². The summed E-state index contributed by atoms with van der Waals surface area (Å²) in [7, 11) is 0. The maximum Gasteiger partial charge on any atom is 0.224 e. The van der Waals surface area contributed by atoms with Crippen molar-refractivity contribution in [2.75, 3.05) is 17.6 Å². The van der Waals surface area contributed by atoms with Crippen LogP contribution in [0.2, 0.25) is 5.28 Å². The van der Waals surface area contributed by atoms with E-state index in [1.54, 1.807) is 18.2 Å². The van der Waals surface area contributed by atoms with E-state index < -0.39 is 23.7 Å². The lowest BCUT2D eigenvalue weighted by Crippen LogP contribution is -2.51. The summed E-state index contributed by atoms with van der Waals surface area (Å²) in [5, 5.41) is 16.8. The van der Waals surface area contributed by atoms with Crippen LogP contribution in [-0.4, -0.2) is 39.6 Å². The number of nitrogens with zero attached hydrogens (tertiary/aromatic N) is 2. The van der Waals surface area contributed by atoms with E-state index in [1.165, 1.54) is 0 Å². The van der Waals surface area contributed by atoms with E-state index in [4.69, 9.17) is 23.1 Å². The molecule has 7 N–H and O–H groups in total. The smallest absolute Gasteiger partial charge is 0.224 e. The quantitative estimate of drug-likeness (QED) is 0.328. The third-order valence-corrected chi connectivity index (χ3v) is 6.40. The molecule has 2 bridgehead atoms. The second-order valence-corrected chi connectivity index (χ2v) is 8.37. The standard InChI is InChI=1S/C20H24ClFN6O2/c21-20-26-7-13(22)19(28-20)27-17-12-5-10(16(17)18(24)30)6-14(12)25-8-15(29)9-2-1-3-11(23)4-9/h1-4,7,10,12,14-17,25,29H,5-6,8,23H2,(H2,24,30)(H,26,27,28). The topological polar surface area (TPSA) is 139 Å². The van der Waals surface area contributed by atoms with Crippen LogP contribution in [0, 0.1) is 23.6 Å². The Kier molecular flexibility index (Phi) is 5.77. The van der Waals surface area contributed by atoms with Crippen LogP contribution in [0.25, 0.3) is 0 Å². The van der Waals surface area contributed by atoms with Gasteiger partial charge in [-0.2, -0.15) is 4.98 Å². The first kappa shape index (κ1) is 20.8. The first-order valence-electron chi connectivity index (χ1n) is 9.84. The molecule has 6 atom stereocenters. The highest BCUT2D eigenvalue weighted by Crippen LogP contribution is 2.49. The predicted molar refractivity (Wildman–Crippen MR) is 111 cm³/mol. The number of rotatable bonds is 7. The highest BCUT2D eigenvalue weighted by Gasteiger charge is 2.55. The van der Waals surface area contributed by atoms with E-state index in [0.29, 0.717) is 12.2 Å². The van der Waals surface area contributed by atoms with E-state index in [0.717, 1.165) is 24.6 Å². The monoisotopic (exact) mass is 434 g/mol. The molecule has 1 heterocycles. The number of aliphatic hydroxyl groups is 1. The van der Waals surface area contributed by atoms with Crippen molar-refractivity contribution in [2.45, 2.75) is 31.0 Å². The molecule has 1 amide bonds. The number of hydrogen-bond donors (Lipinski definition) is 5. The molecule has 1 aromatic heterocycles. The number of nitrogens with two attached hydrogens (primary N) is 2. The number of aromatic nitrogens is 2. The number of carbonyl (C=O) groups excluding carboxylic acids is 1. The molecule has 0 radical (unpaired) electrons. The van der Waals surface area contributed by atoms with E-state index in [2.05, 4.69) is 20.6 Å². The first-order valence-corrected chi connectivity index (χ1v) is 10.2. The highest BCUT2D eigenvalue weighted by atomic mass is 35.5. The summed E-state index contributed by atoms with van der Waals surface area (Å²) in [6, 6.07) is 6.77. The minimum Gasteiger partial charge on any atom is -0.399 e. The number of primary amides is 1. The minimum absolute atomic E-state index is 0.0219. The maximum absolute atomic E-state index is 14.1. The lowest BCUT2D eigenvalue weighted by Gasteiger charge is -2.36. The lowest BCUT2D eigenvalue weighted by atomic mass is 9.81. The summed E-state index contributed by atoms with van der Waals surface area (Å²) < 4.78 is 14.1. The van der Waals surface area contributed by atoms with Crippen LogP contribution in [0.1, 0.15) is 24.5 Å². The van der Waals surface area contributed by atoms with Crippen molar-refractivity contribution in [1.82, 2.24) is 15.3 Å². The zero-order valence-corrected chi connectivity index (χ0v) is 16.9. The van der Waals surface area contributed by atoms with E-state index >= 15 is 0 Å². The third-order valence-electron chi connectivity index (χ3n) is 6.22. The Morgan fingerprint density at radius 3 is 2.93 bits per heavy atom. The Hall–Kier alpha value is -2.49. The van der Waals surface area contributed by atoms with Crippen LogP contribution in [-0.2, 0) is 4.79 Å². The molecule has 8 nitrogen and oxygen atoms in total. The average Bonchev–Trinajstić information content (AvgIpc) is 3.27. The molecule has 4 rings (SSSR count). The second kappa shape index (κ2) is 8.33. The van der Waals surface area contributed by atoms with Crippen molar-refractivity contribution >= 4 is 29.0 Å². The average molecular weight is 435 g/mol. The number of nitrogen functional groups attached to an aromatic ring is 1. The van der Waals surface area contributed by atoms with E-state index in [9.17, 15) is 14.3 Å². The molecule has 1 aromatic carbocycles. The van der Waals surface area contributed by atoms with E-state index in [-0.39, 0.29) is 35.0 Å². The van der Waals surface area contributed by atoms with Gasteiger partial charge in [-0.1, -0.05) is 12.1 Å². The fourth-order valence-corrected chi connectivity index (χ4v) is 5.09. The molecule has 2 aliphatic rings. The number of hydrogen-bond acceptors (Lipinski definition) is 7. The summed E-state index contributed by atoms with van der Waals surface area (Å²) in [5.41, 5.74) is 12.8. The first-order chi connectivity index (χ1) is 14.3. The summed E-state index contributed by atoms with van der Waals surface area (Å²) in [6.45, 7) is 0.332. The molecule has 2 saturated carbocycles. The van der Waals surface area contributed by atoms with Gasteiger partial charge in [0.15, 0.2) is 11.6 Å². The van der Waals surface area contributed by atoms with Gasteiger partial charge >= 0.3 is 0 Å². The molecule has 2 aromatic rings.